The molecule has 0 radical (unpaired) electrons. The number of carboxylic acid groups (broad SMARTS) is 1. The fourth-order valence-electron chi connectivity index (χ4n) is 2.56. The predicted molar refractivity (Wildman–Crippen MR) is 94.3 cm³/mol. The molecule has 150 valence electrons. The van der Waals surface area contributed by atoms with Crippen molar-refractivity contribution >= 4 is 21.2 Å². The highest BCUT2D eigenvalue weighted by atomic mass is 31.2. The molecule has 0 fully saturated rings. The summed E-state index contributed by atoms with van der Waals surface area (Å²) in [6.45, 7) is 0.241. The normalized spacial score (nSPS) is 12.7. The van der Waals surface area contributed by atoms with Crippen molar-refractivity contribution in [2.75, 3.05) is 19.1 Å². The molecular weight excluding hydrogens is 372 g/mol. The van der Waals surface area contributed by atoms with Crippen molar-refractivity contribution in [1.82, 2.24) is 4.90 Å². The van der Waals surface area contributed by atoms with Crippen LogP contribution in [0.25, 0.3) is 0 Å². The lowest BCUT2D eigenvalue weighted by Crippen LogP contribution is -2.27. The molecule has 0 aliphatic rings. The van der Waals surface area contributed by atoms with Gasteiger partial charge in [0.15, 0.2) is 0 Å². The van der Waals surface area contributed by atoms with Gasteiger partial charge in [0.1, 0.15) is 12.6 Å². The van der Waals surface area contributed by atoms with Crippen LogP contribution in [0.1, 0.15) is 64.2 Å². The van der Waals surface area contributed by atoms with Crippen LogP contribution >= 0.6 is 15.2 Å². The van der Waals surface area contributed by atoms with E-state index in [0.717, 1.165) is 49.8 Å². The van der Waals surface area contributed by atoms with Gasteiger partial charge in [-0.25, -0.2) is 0 Å². The number of nitrogens with zero attached hydrogens (tertiary/aromatic N) is 1. The third-order valence-corrected chi connectivity index (χ3v) is 5.17. The summed E-state index contributed by atoms with van der Waals surface area (Å²) >= 11 is 0. The fourth-order valence-corrected chi connectivity index (χ4v) is 4.24. The van der Waals surface area contributed by atoms with Crippen molar-refractivity contribution in [3.8, 4) is 0 Å². The first kappa shape index (κ1) is 24.7. The van der Waals surface area contributed by atoms with Crippen LogP contribution in [-0.2, 0) is 13.9 Å². The molecule has 0 rings (SSSR count). The highest BCUT2D eigenvalue weighted by Gasteiger charge is 2.25. The van der Waals surface area contributed by atoms with Gasteiger partial charge in [-0.1, -0.05) is 44.9 Å². The Morgan fingerprint density at radius 2 is 1.04 bits per heavy atom. The first-order chi connectivity index (χ1) is 11.5. The fraction of sp³-hybridized carbons (Fsp3) is 0.929. The van der Waals surface area contributed by atoms with Gasteiger partial charge in [0.2, 0.25) is 0 Å². The van der Waals surface area contributed by atoms with E-state index in [9.17, 15) is 13.9 Å². The Kier molecular flexibility index (Phi) is 12.8. The quantitative estimate of drug-likeness (QED) is 0.193. The Labute approximate surface area is 148 Å². The van der Waals surface area contributed by atoms with Gasteiger partial charge in [0.25, 0.3) is 0 Å². The summed E-state index contributed by atoms with van der Waals surface area (Å²) in [5.74, 6) is -0.758. The number of rotatable bonds is 16. The van der Waals surface area contributed by atoms with Gasteiger partial charge in [-0.3, -0.25) is 18.8 Å². The van der Waals surface area contributed by atoms with E-state index in [1.54, 1.807) is 0 Å². The van der Waals surface area contributed by atoms with E-state index in [0.29, 0.717) is 12.8 Å². The van der Waals surface area contributed by atoms with E-state index in [1.165, 1.54) is 0 Å². The van der Waals surface area contributed by atoms with Gasteiger partial charge in [0, 0.05) is 6.42 Å². The average Bonchev–Trinajstić information content (AvgIpc) is 2.40. The molecular formula is C14H31NO8P2. The Morgan fingerprint density at radius 3 is 1.40 bits per heavy atom. The van der Waals surface area contributed by atoms with E-state index in [-0.39, 0.29) is 13.0 Å². The molecule has 0 spiro atoms. The van der Waals surface area contributed by atoms with Crippen LogP contribution in [0.3, 0.4) is 0 Å². The topological polar surface area (TPSA) is 156 Å². The Bertz CT molecular complexity index is 438. The third kappa shape index (κ3) is 19.9. The number of carbonyl (C=O) groups is 1. The van der Waals surface area contributed by atoms with Gasteiger partial charge in [-0.15, -0.1) is 0 Å². The van der Waals surface area contributed by atoms with Crippen LogP contribution in [0.4, 0.5) is 0 Å². The zero-order valence-corrected chi connectivity index (χ0v) is 16.3. The van der Waals surface area contributed by atoms with Crippen molar-refractivity contribution in [2.24, 2.45) is 0 Å². The standard InChI is InChI=1S/C14H31NO8P2/c16-14(17)10-8-6-4-2-1-3-5-7-9-11-15(12-24(18,19)20)13-25(21,22)23/h1-13H2,(H,16,17)(H2,18,19,20)(H2,21,22,23). The van der Waals surface area contributed by atoms with E-state index in [4.69, 9.17) is 24.7 Å². The Hall–Kier alpha value is -0.270. The maximum Gasteiger partial charge on any atom is 0.339 e. The third-order valence-electron chi connectivity index (χ3n) is 3.63. The molecule has 0 aromatic heterocycles. The molecule has 0 saturated heterocycles. The second kappa shape index (κ2) is 13.0. The predicted octanol–water partition coefficient (Wildman–Crippen LogP) is 2.54. The molecule has 0 aliphatic heterocycles. The molecule has 0 aromatic rings. The second-order valence-corrected chi connectivity index (χ2v) is 9.56. The molecule has 0 saturated carbocycles. The van der Waals surface area contributed by atoms with Gasteiger partial charge in [-0.05, 0) is 19.4 Å². The highest BCUT2D eigenvalue weighted by Crippen LogP contribution is 2.40. The average molecular weight is 403 g/mol. The van der Waals surface area contributed by atoms with Crippen LogP contribution in [0.15, 0.2) is 0 Å². The molecule has 0 aliphatic carbocycles. The zero-order valence-electron chi connectivity index (χ0n) is 14.5. The van der Waals surface area contributed by atoms with Crippen molar-refractivity contribution in [1.29, 1.82) is 0 Å². The minimum absolute atomic E-state index is 0.222. The van der Waals surface area contributed by atoms with Crippen LogP contribution in [0, 0.1) is 0 Å². The van der Waals surface area contributed by atoms with Crippen molar-refractivity contribution in [3.05, 3.63) is 0 Å². The lowest BCUT2D eigenvalue weighted by Gasteiger charge is -2.22. The highest BCUT2D eigenvalue weighted by molar-refractivity contribution is 7.52. The smallest absolute Gasteiger partial charge is 0.339 e. The number of hydrogen-bond donors (Lipinski definition) is 5. The molecule has 0 aromatic carbocycles. The molecule has 0 unspecified atom stereocenters. The van der Waals surface area contributed by atoms with E-state index >= 15 is 0 Å². The van der Waals surface area contributed by atoms with Crippen LogP contribution in [-0.4, -0.2) is 54.7 Å². The largest absolute Gasteiger partial charge is 0.481 e. The molecule has 9 nitrogen and oxygen atoms in total. The summed E-state index contributed by atoms with van der Waals surface area (Å²) in [7, 11) is -8.70. The second-order valence-electron chi connectivity index (χ2n) is 6.33. The number of aliphatic carboxylic acids is 1. The maximum absolute atomic E-state index is 11.0. The van der Waals surface area contributed by atoms with Crippen molar-refractivity contribution in [2.45, 2.75) is 64.2 Å². The van der Waals surface area contributed by atoms with Gasteiger partial charge < -0.3 is 24.7 Å². The first-order valence-electron chi connectivity index (χ1n) is 8.53. The Balaban J connectivity index is 3.72. The van der Waals surface area contributed by atoms with Gasteiger partial charge in [0.05, 0.1) is 0 Å². The minimum Gasteiger partial charge on any atom is -0.481 e. The summed E-state index contributed by atoms with van der Waals surface area (Å²) in [6, 6.07) is 0. The molecule has 5 N–H and O–H groups in total. The first-order valence-corrected chi connectivity index (χ1v) is 12.1. The maximum atomic E-state index is 11.0. The summed E-state index contributed by atoms with van der Waals surface area (Å²) < 4.78 is 22.0. The minimum atomic E-state index is -4.35. The van der Waals surface area contributed by atoms with E-state index < -0.39 is 33.7 Å². The van der Waals surface area contributed by atoms with Gasteiger partial charge >= 0.3 is 21.2 Å². The van der Waals surface area contributed by atoms with Gasteiger partial charge in [-0.2, -0.15) is 0 Å². The molecule has 0 heterocycles. The summed E-state index contributed by atoms with van der Waals surface area (Å²) in [5, 5.41) is 8.51. The number of unbranched alkanes of at least 4 members (excludes halogenated alkanes) is 8. The monoisotopic (exact) mass is 403 g/mol. The number of hydrogen-bond acceptors (Lipinski definition) is 4. The SMILES string of the molecule is O=C(O)CCCCCCCCCCCN(CP(=O)(O)O)CP(=O)(O)O. The number of carboxylic acids is 1. The zero-order chi connectivity index (χ0) is 19.3. The molecule has 0 atom stereocenters. The van der Waals surface area contributed by atoms with Crippen LogP contribution < -0.4 is 0 Å². The van der Waals surface area contributed by atoms with E-state index in [2.05, 4.69) is 0 Å². The lowest BCUT2D eigenvalue weighted by atomic mass is 10.1. The van der Waals surface area contributed by atoms with Crippen LogP contribution in [0.5, 0.6) is 0 Å². The van der Waals surface area contributed by atoms with E-state index in [1.807, 2.05) is 0 Å². The Morgan fingerprint density at radius 1 is 0.680 bits per heavy atom. The molecule has 0 bridgehead atoms. The molecule has 25 heavy (non-hydrogen) atoms. The summed E-state index contributed by atoms with van der Waals surface area (Å²) in [4.78, 5) is 47.3. The lowest BCUT2D eigenvalue weighted by molar-refractivity contribution is -0.137. The molecule has 11 heteroatoms. The van der Waals surface area contributed by atoms with Crippen LogP contribution in [0.2, 0.25) is 0 Å². The van der Waals surface area contributed by atoms with Crippen molar-refractivity contribution < 1.29 is 38.6 Å². The summed E-state index contributed by atoms with van der Waals surface area (Å²) in [5.41, 5.74) is 0. The molecule has 0 amide bonds. The van der Waals surface area contributed by atoms with Crippen molar-refractivity contribution in [3.63, 3.8) is 0 Å². The summed E-state index contributed by atoms with van der Waals surface area (Å²) in [6.07, 6.45) is 7.13.